The summed E-state index contributed by atoms with van der Waals surface area (Å²) in [6.07, 6.45) is 2.61. The van der Waals surface area contributed by atoms with E-state index < -0.39 is 0 Å². The molecule has 1 heterocycles. The van der Waals surface area contributed by atoms with Gasteiger partial charge in [-0.05, 0) is 37.1 Å². The Bertz CT molecular complexity index is 554. The van der Waals surface area contributed by atoms with Gasteiger partial charge in [-0.1, -0.05) is 11.4 Å². The first-order valence-corrected chi connectivity index (χ1v) is 6.91. The third-order valence-electron chi connectivity index (χ3n) is 2.65. The lowest BCUT2D eigenvalue weighted by Crippen LogP contribution is -2.13. The smallest absolute Gasteiger partial charge is 0.256 e. The van der Waals surface area contributed by atoms with Gasteiger partial charge in [-0.3, -0.25) is 4.79 Å². The van der Waals surface area contributed by atoms with Gasteiger partial charge in [0, 0.05) is 29.3 Å². The van der Waals surface area contributed by atoms with Crippen molar-refractivity contribution in [3.8, 4) is 0 Å². The van der Waals surface area contributed by atoms with E-state index in [9.17, 15) is 4.79 Å². The fourth-order valence-corrected chi connectivity index (χ4v) is 2.11. The van der Waals surface area contributed by atoms with Gasteiger partial charge >= 0.3 is 0 Å². The van der Waals surface area contributed by atoms with E-state index in [1.807, 2.05) is 25.1 Å². The number of rotatable bonds is 5. The zero-order chi connectivity index (χ0) is 13.7. The van der Waals surface area contributed by atoms with Gasteiger partial charge in [-0.25, -0.2) is 0 Å². The van der Waals surface area contributed by atoms with Gasteiger partial charge < -0.3 is 10.6 Å². The number of hydrogen-bond donors (Lipinski definition) is 2. The number of anilines is 2. The van der Waals surface area contributed by atoms with Crippen LogP contribution in [0.15, 0.2) is 24.4 Å². The fourth-order valence-electron chi connectivity index (χ4n) is 1.70. The lowest BCUT2D eigenvalue weighted by molar-refractivity contribution is 0.102. The number of amides is 1. The minimum absolute atomic E-state index is 0.134. The predicted octanol–water partition coefficient (Wildman–Crippen LogP) is 2.92. The van der Waals surface area contributed by atoms with Crippen LogP contribution in [0.5, 0.6) is 0 Å². The molecule has 1 amide bonds. The van der Waals surface area contributed by atoms with Gasteiger partial charge in [0.2, 0.25) is 0 Å². The quantitative estimate of drug-likeness (QED) is 0.881. The van der Waals surface area contributed by atoms with Crippen molar-refractivity contribution in [3.63, 3.8) is 0 Å². The van der Waals surface area contributed by atoms with Crippen LogP contribution in [0.4, 0.5) is 10.7 Å². The molecular formula is C13H16N4OS. The molecule has 0 atom stereocenters. The molecule has 5 nitrogen and oxygen atoms in total. The summed E-state index contributed by atoms with van der Waals surface area (Å²) in [7, 11) is 0. The minimum atomic E-state index is -0.134. The molecule has 1 aromatic heterocycles. The van der Waals surface area contributed by atoms with E-state index >= 15 is 0 Å². The van der Waals surface area contributed by atoms with E-state index in [-0.39, 0.29) is 5.91 Å². The molecule has 0 saturated carbocycles. The van der Waals surface area contributed by atoms with Crippen molar-refractivity contribution < 1.29 is 4.79 Å². The van der Waals surface area contributed by atoms with Crippen molar-refractivity contribution in [1.82, 2.24) is 9.59 Å². The molecule has 0 saturated heterocycles. The van der Waals surface area contributed by atoms with Gasteiger partial charge in [0.05, 0.1) is 6.20 Å². The molecule has 2 aromatic rings. The average Bonchev–Trinajstić information content (AvgIpc) is 2.89. The number of hydrogen-bond acceptors (Lipinski definition) is 5. The van der Waals surface area contributed by atoms with Crippen LogP contribution in [0.25, 0.3) is 0 Å². The first-order chi connectivity index (χ1) is 9.20. The number of carbonyl (C=O) groups excluding carboxylic acids is 1. The Morgan fingerprint density at radius 1 is 1.42 bits per heavy atom. The Kier molecular flexibility index (Phi) is 4.46. The maximum absolute atomic E-state index is 12.1. The second-order valence-corrected chi connectivity index (χ2v) is 4.98. The van der Waals surface area contributed by atoms with E-state index in [0.29, 0.717) is 10.6 Å². The molecule has 1 aromatic carbocycles. The molecule has 0 bridgehead atoms. The molecule has 100 valence electrons. The summed E-state index contributed by atoms with van der Waals surface area (Å²) >= 11 is 1.16. The van der Waals surface area contributed by atoms with E-state index in [1.165, 1.54) is 6.20 Å². The van der Waals surface area contributed by atoms with Gasteiger partial charge in [0.15, 0.2) is 0 Å². The lowest BCUT2D eigenvalue weighted by atomic mass is 10.1. The van der Waals surface area contributed by atoms with Crippen molar-refractivity contribution in [1.29, 1.82) is 0 Å². The highest BCUT2D eigenvalue weighted by molar-refractivity contribution is 7.10. The normalized spacial score (nSPS) is 10.2. The fraction of sp³-hybridized carbons (Fsp3) is 0.308. The first kappa shape index (κ1) is 13.5. The summed E-state index contributed by atoms with van der Waals surface area (Å²) in [5, 5.41) is 10.4. The van der Waals surface area contributed by atoms with Crippen LogP contribution in [0, 0.1) is 6.92 Å². The summed E-state index contributed by atoms with van der Waals surface area (Å²) in [6, 6.07) is 5.73. The molecular weight excluding hydrogens is 260 g/mol. The second-order valence-electron chi connectivity index (χ2n) is 4.19. The van der Waals surface area contributed by atoms with Crippen molar-refractivity contribution in [2.45, 2.75) is 20.3 Å². The number of aromatic nitrogens is 2. The maximum Gasteiger partial charge on any atom is 0.256 e. The average molecular weight is 276 g/mol. The van der Waals surface area contributed by atoms with Crippen LogP contribution < -0.4 is 10.6 Å². The van der Waals surface area contributed by atoms with E-state index in [1.54, 1.807) is 0 Å². The summed E-state index contributed by atoms with van der Waals surface area (Å²) in [6.45, 7) is 4.97. The highest BCUT2D eigenvalue weighted by atomic mass is 32.1. The number of aryl methyl sites for hydroxylation is 1. The van der Waals surface area contributed by atoms with Crippen molar-refractivity contribution in [2.24, 2.45) is 0 Å². The predicted molar refractivity (Wildman–Crippen MR) is 77.8 cm³/mol. The van der Waals surface area contributed by atoms with Crippen molar-refractivity contribution in [2.75, 3.05) is 17.2 Å². The van der Waals surface area contributed by atoms with Gasteiger partial charge in [-0.15, -0.1) is 5.10 Å². The molecule has 0 unspecified atom stereocenters. The van der Waals surface area contributed by atoms with Crippen LogP contribution in [0.3, 0.4) is 0 Å². The van der Waals surface area contributed by atoms with Crippen molar-refractivity contribution >= 4 is 28.1 Å². The zero-order valence-electron chi connectivity index (χ0n) is 10.9. The largest absolute Gasteiger partial charge is 0.385 e. The topological polar surface area (TPSA) is 66.9 Å². The summed E-state index contributed by atoms with van der Waals surface area (Å²) in [4.78, 5) is 12.1. The molecule has 0 spiro atoms. The molecule has 0 radical (unpaired) electrons. The highest BCUT2D eigenvalue weighted by Crippen LogP contribution is 2.18. The third kappa shape index (κ3) is 3.51. The van der Waals surface area contributed by atoms with Gasteiger partial charge in [-0.2, -0.15) is 0 Å². The standard InChI is InChI=1S/C13H16N4OS/c1-3-6-14-10-4-5-11(9(2)7-10)13(18)16-12-8-15-17-19-12/h4-5,7-8,14H,3,6H2,1-2H3,(H,16,18). The molecule has 0 fully saturated rings. The third-order valence-corrected chi connectivity index (χ3v) is 3.23. The molecule has 19 heavy (non-hydrogen) atoms. The van der Waals surface area contributed by atoms with Gasteiger partial charge in [0.1, 0.15) is 5.00 Å². The van der Waals surface area contributed by atoms with E-state index in [2.05, 4.69) is 27.1 Å². The monoisotopic (exact) mass is 276 g/mol. The highest BCUT2D eigenvalue weighted by Gasteiger charge is 2.10. The summed E-state index contributed by atoms with van der Waals surface area (Å²) < 4.78 is 3.71. The molecule has 0 aliphatic carbocycles. The minimum Gasteiger partial charge on any atom is -0.385 e. The summed E-state index contributed by atoms with van der Waals surface area (Å²) in [5.41, 5.74) is 2.64. The molecule has 6 heteroatoms. The molecule has 2 rings (SSSR count). The van der Waals surface area contributed by atoms with E-state index in [4.69, 9.17) is 0 Å². The van der Waals surface area contributed by atoms with Crippen LogP contribution in [0.2, 0.25) is 0 Å². The Balaban J connectivity index is 2.09. The Hall–Kier alpha value is -1.95. The Labute approximate surface area is 116 Å². The first-order valence-electron chi connectivity index (χ1n) is 6.14. The van der Waals surface area contributed by atoms with Crippen LogP contribution in [0.1, 0.15) is 29.3 Å². The lowest BCUT2D eigenvalue weighted by Gasteiger charge is -2.09. The molecule has 0 aliphatic rings. The van der Waals surface area contributed by atoms with E-state index in [0.717, 1.165) is 35.7 Å². The van der Waals surface area contributed by atoms with Crippen molar-refractivity contribution in [3.05, 3.63) is 35.5 Å². The number of nitrogens with one attached hydrogen (secondary N) is 2. The van der Waals surface area contributed by atoms with Gasteiger partial charge in [0.25, 0.3) is 5.91 Å². The maximum atomic E-state index is 12.1. The molecule has 0 aliphatic heterocycles. The zero-order valence-corrected chi connectivity index (χ0v) is 11.8. The van der Waals surface area contributed by atoms with Crippen LogP contribution in [-0.2, 0) is 0 Å². The Morgan fingerprint density at radius 3 is 2.89 bits per heavy atom. The number of benzene rings is 1. The number of nitrogens with zero attached hydrogens (tertiary/aromatic N) is 2. The van der Waals surface area contributed by atoms with Crippen LogP contribution >= 0.6 is 11.5 Å². The molecule has 2 N–H and O–H groups in total. The second kappa shape index (κ2) is 6.29. The Morgan fingerprint density at radius 2 is 2.26 bits per heavy atom. The number of carbonyl (C=O) groups is 1. The van der Waals surface area contributed by atoms with Crippen LogP contribution in [-0.4, -0.2) is 22.0 Å². The SMILES string of the molecule is CCCNc1ccc(C(=O)Nc2cnns2)c(C)c1. The summed E-state index contributed by atoms with van der Waals surface area (Å²) in [5.74, 6) is -0.134.